The fraction of sp³-hybridized carbons (Fsp3) is 0.458. The average molecular weight is 429 g/mol. The van der Waals surface area contributed by atoms with Gasteiger partial charge in [-0.15, -0.1) is 0 Å². The molecule has 1 saturated heterocycles. The third-order valence-electron chi connectivity index (χ3n) is 5.24. The molecule has 2 aromatic rings. The summed E-state index contributed by atoms with van der Waals surface area (Å²) in [7, 11) is 1.59. The molecular formula is C24H32N2O3S. The minimum absolute atomic E-state index is 0.150. The summed E-state index contributed by atoms with van der Waals surface area (Å²) in [6, 6.07) is 11.6. The monoisotopic (exact) mass is 428 g/mol. The summed E-state index contributed by atoms with van der Waals surface area (Å²) in [5.41, 5.74) is 3.67. The van der Waals surface area contributed by atoms with Crippen LogP contribution in [0.4, 0.5) is 5.69 Å². The van der Waals surface area contributed by atoms with Crippen LogP contribution in [-0.2, 0) is 6.54 Å². The molecule has 1 heterocycles. The number of benzene rings is 2. The SMILES string of the molecule is CCCCOc1ccc(C(=O)Nc2cc(CN3CCSCC3)ccc2C)cc1OC. The predicted molar refractivity (Wildman–Crippen MR) is 125 cm³/mol. The van der Waals surface area contributed by atoms with E-state index in [0.717, 1.165) is 43.7 Å². The molecule has 1 fully saturated rings. The zero-order valence-corrected chi connectivity index (χ0v) is 19.0. The van der Waals surface area contributed by atoms with Crippen molar-refractivity contribution in [3.63, 3.8) is 0 Å². The van der Waals surface area contributed by atoms with Crippen LogP contribution in [0.2, 0.25) is 0 Å². The summed E-state index contributed by atoms with van der Waals surface area (Å²) in [4.78, 5) is 15.4. The first-order valence-electron chi connectivity index (χ1n) is 10.6. The first-order valence-corrected chi connectivity index (χ1v) is 11.8. The highest BCUT2D eigenvalue weighted by atomic mass is 32.2. The Kier molecular flexibility index (Phi) is 8.46. The van der Waals surface area contributed by atoms with Crippen LogP contribution in [0.5, 0.6) is 11.5 Å². The van der Waals surface area contributed by atoms with Gasteiger partial charge in [-0.1, -0.05) is 25.5 Å². The van der Waals surface area contributed by atoms with Crippen LogP contribution in [0, 0.1) is 6.92 Å². The molecule has 3 rings (SSSR count). The number of nitrogens with zero attached hydrogens (tertiary/aromatic N) is 1. The number of ether oxygens (including phenoxy) is 2. The van der Waals surface area contributed by atoms with E-state index in [1.165, 1.54) is 17.1 Å². The Labute approximate surface area is 184 Å². The number of methoxy groups -OCH3 is 1. The Balaban J connectivity index is 1.69. The number of anilines is 1. The summed E-state index contributed by atoms with van der Waals surface area (Å²) < 4.78 is 11.2. The van der Waals surface area contributed by atoms with E-state index in [0.29, 0.717) is 23.7 Å². The van der Waals surface area contributed by atoms with Crippen molar-refractivity contribution in [2.45, 2.75) is 33.2 Å². The van der Waals surface area contributed by atoms with Gasteiger partial charge >= 0.3 is 0 Å². The van der Waals surface area contributed by atoms with Crippen molar-refractivity contribution in [3.8, 4) is 11.5 Å². The molecule has 6 heteroatoms. The predicted octanol–water partition coefficient (Wildman–Crippen LogP) is 4.98. The number of nitrogens with one attached hydrogen (secondary N) is 1. The second-order valence-corrected chi connectivity index (χ2v) is 8.78. The van der Waals surface area contributed by atoms with Gasteiger partial charge in [0.15, 0.2) is 11.5 Å². The van der Waals surface area contributed by atoms with E-state index in [1.54, 1.807) is 25.3 Å². The first kappa shape index (κ1) is 22.5. The van der Waals surface area contributed by atoms with Gasteiger partial charge in [0.1, 0.15) is 0 Å². The molecule has 1 N–H and O–H groups in total. The number of hydrogen-bond donors (Lipinski definition) is 1. The van der Waals surface area contributed by atoms with Gasteiger partial charge < -0.3 is 14.8 Å². The lowest BCUT2D eigenvalue weighted by Crippen LogP contribution is -2.32. The van der Waals surface area contributed by atoms with E-state index in [1.807, 2.05) is 18.7 Å². The molecule has 2 aromatic carbocycles. The Hall–Kier alpha value is -2.18. The number of amides is 1. The van der Waals surface area contributed by atoms with Crippen molar-refractivity contribution in [2.75, 3.05) is 43.6 Å². The fourth-order valence-corrected chi connectivity index (χ4v) is 4.35. The first-order chi connectivity index (χ1) is 14.6. The van der Waals surface area contributed by atoms with Crippen LogP contribution in [0.25, 0.3) is 0 Å². The number of unbranched alkanes of at least 4 members (excludes halogenated alkanes) is 1. The van der Waals surface area contributed by atoms with Crippen LogP contribution >= 0.6 is 11.8 Å². The maximum atomic E-state index is 12.9. The maximum Gasteiger partial charge on any atom is 0.255 e. The molecule has 162 valence electrons. The van der Waals surface area contributed by atoms with Gasteiger partial charge in [-0.25, -0.2) is 0 Å². The van der Waals surface area contributed by atoms with Crippen LogP contribution in [-0.4, -0.2) is 49.1 Å². The van der Waals surface area contributed by atoms with Crippen LogP contribution < -0.4 is 14.8 Å². The number of carbonyl (C=O) groups excluding carboxylic acids is 1. The zero-order chi connectivity index (χ0) is 21.3. The quantitative estimate of drug-likeness (QED) is 0.571. The number of hydrogen-bond acceptors (Lipinski definition) is 5. The van der Waals surface area contributed by atoms with E-state index in [4.69, 9.17) is 9.47 Å². The Morgan fingerprint density at radius 3 is 2.67 bits per heavy atom. The number of carbonyl (C=O) groups is 1. The molecule has 0 radical (unpaired) electrons. The van der Waals surface area contributed by atoms with Gasteiger partial charge in [0.25, 0.3) is 5.91 Å². The highest BCUT2D eigenvalue weighted by Crippen LogP contribution is 2.29. The topological polar surface area (TPSA) is 50.8 Å². The maximum absolute atomic E-state index is 12.9. The van der Waals surface area contributed by atoms with E-state index >= 15 is 0 Å². The van der Waals surface area contributed by atoms with Gasteiger partial charge in [-0.2, -0.15) is 11.8 Å². The highest BCUT2D eigenvalue weighted by molar-refractivity contribution is 7.99. The molecule has 0 unspecified atom stereocenters. The van der Waals surface area contributed by atoms with Gasteiger partial charge in [-0.3, -0.25) is 9.69 Å². The summed E-state index contributed by atoms with van der Waals surface area (Å²) in [6.45, 7) is 7.93. The molecule has 0 spiro atoms. The van der Waals surface area contributed by atoms with E-state index in [-0.39, 0.29) is 5.91 Å². The van der Waals surface area contributed by atoms with Crippen molar-refractivity contribution in [2.24, 2.45) is 0 Å². The lowest BCUT2D eigenvalue weighted by Gasteiger charge is -2.26. The van der Waals surface area contributed by atoms with E-state index in [9.17, 15) is 4.79 Å². The Bertz CT molecular complexity index is 850. The van der Waals surface area contributed by atoms with E-state index < -0.39 is 0 Å². The highest BCUT2D eigenvalue weighted by Gasteiger charge is 2.14. The van der Waals surface area contributed by atoms with E-state index in [2.05, 4.69) is 35.3 Å². The van der Waals surface area contributed by atoms with Crippen LogP contribution in [0.15, 0.2) is 36.4 Å². The van der Waals surface area contributed by atoms with Crippen LogP contribution in [0.3, 0.4) is 0 Å². The molecule has 0 bridgehead atoms. The van der Waals surface area contributed by atoms with Crippen molar-refractivity contribution in [3.05, 3.63) is 53.1 Å². The average Bonchev–Trinajstić information content (AvgIpc) is 2.77. The molecule has 1 aliphatic rings. The number of thioether (sulfide) groups is 1. The van der Waals surface area contributed by atoms with Crippen molar-refractivity contribution in [1.29, 1.82) is 0 Å². The fourth-order valence-electron chi connectivity index (χ4n) is 3.37. The second kappa shape index (κ2) is 11.3. The summed E-state index contributed by atoms with van der Waals surface area (Å²) in [6.07, 6.45) is 2.05. The van der Waals surface area contributed by atoms with Crippen molar-refractivity contribution < 1.29 is 14.3 Å². The van der Waals surface area contributed by atoms with Crippen molar-refractivity contribution in [1.82, 2.24) is 4.90 Å². The molecule has 30 heavy (non-hydrogen) atoms. The van der Waals surface area contributed by atoms with Gasteiger partial charge in [0.2, 0.25) is 0 Å². The molecule has 5 nitrogen and oxygen atoms in total. The smallest absolute Gasteiger partial charge is 0.255 e. The number of rotatable bonds is 9. The summed E-state index contributed by atoms with van der Waals surface area (Å²) >= 11 is 2.01. The minimum Gasteiger partial charge on any atom is -0.493 e. The normalized spacial score (nSPS) is 14.4. The summed E-state index contributed by atoms with van der Waals surface area (Å²) in [5.74, 6) is 3.47. The van der Waals surface area contributed by atoms with Crippen LogP contribution in [0.1, 0.15) is 41.3 Å². The molecule has 0 saturated carbocycles. The molecule has 0 aliphatic carbocycles. The summed E-state index contributed by atoms with van der Waals surface area (Å²) in [5, 5.41) is 3.07. The second-order valence-electron chi connectivity index (χ2n) is 7.56. The molecule has 0 aromatic heterocycles. The van der Waals surface area contributed by atoms with Gasteiger partial charge in [0.05, 0.1) is 13.7 Å². The number of aryl methyl sites for hydroxylation is 1. The lowest BCUT2D eigenvalue weighted by atomic mass is 10.1. The molecule has 1 amide bonds. The largest absolute Gasteiger partial charge is 0.493 e. The van der Waals surface area contributed by atoms with Crippen molar-refractivity contribution >= 4 is 23.4 Å². The Morgan fingerprint density at radius 2 is 1.93 bits per heavy atom. The van der Waals surface area contributed by atoms with Gasteiger partial charge in [0, 0.05) is 42.4 Å². The Morgan fingerprint density at radius 1 is 1.13 bits per heavy atom. The third-order valence-corrected chi connectivity index (χ3v) is 6.18. The lowest BCUT2D eigenvalue weighted by molar-refractivity contribution is 0.102. The molecule has 0 atom stereocenters. The molecule has 1 aliphatic heterocycles. The zero-order valence-electron chi connectivity index (χ0n) is 18.2. The third kappa shape index (κ3) is 6.16. The molecular weight excluding hydrogens is 396 g/mol. The van der Waals surface area contributed by atoms with Gasteiger partial charge in [-0.05, 0) is 48.7 Å². The minimum atomic E-state index is -0.150. The standard InChI is InChI=1S/C24H32N2O3S/c1-4-5-12-29-22-9-8-20(16-23(22)28-3)24(27)25-21-15-19(7-6-18(21)2)17-26-10-13-30-14-11-26/h6-9,15-16H,4-5,10-14,17H2,1-3H3,(H,25,27).